The molecule has 27 heavy (non-hydrogen) atoms. The SMILES string of the molecule is CCCCC(CCCCC(OC)(OC)OC)CCCNCCCCCCN. The highest BCUT2D eigenvalue weighted by Gasteiger charge is 2.28. The summed E-state index contributed by atoms with van der Waals surface area (Å²) in [7, 11) is 4.92. The molecule has 0 rings (SSSR count). The Labute approximate surface area is 169 Å². The van der Waals surface area contributed by atoms with Gasteiger partial charge in [-0.3, -0.25) is 0 Å². The number of unbranched alkanes of at least 4 members (excludes halogenated alkanes) is 5. The highest BCUT2D eigenvalue weighted by Crippen LogP contribution is 2.25. The lowest BCUT2D eigenvalue weighted by atomic mass is 9.91. The molecule has 0 aromatic rings. The summed E-state index contributed by atoms with van der Waals surface area (Å²) in [6.07, 6.45) is 16.0. The van der Waals surface area contributed by atoms with Crippen LogP contribution in [0.2, 0.25) is 0 Å². The van der Waals surface area contributed by atoms with E-state index in [0.717, 1.165) is 38.4 Å². The highest BCUT2D eigenvalue weighted by atomic mass is 16.9. The maximum Gasteiger partial charge on any atom is 0.282 e. The van der Waals surface area contributed by atoms with Crippen LogP contribution in [0.4, 0.5) is 0 Å². The summed E-state index contributed by atoms with van der Waals surface area (Å²) in [5, 5.41) is 3.60. The van der Waals surface area contributed by atoms with Gasteiger partial charge < -0.3 is 25.3 Å². The molecule has 0 fully saturated rings. The number of hydrogen-bond donors (Lipinski definition) is 2. The second-order valence-corrected chi connectivity index (χ2v) is 7.64. The molecule has 3 N–H and O–H groups in total. The minimum atomic E-state index is -0.868. The van der Waals surface area contributed by atoms with Crippen molar-refractivity contribution >= 4 is 0 Å². The van der Waals surface area contributed by atoms with Crippen LogP contribution in [0.3, 0.4) is 0 Å². The molecule has 0 aromatic carbocycles. The van der Waals surface area contributed by atoms with E-state index in [1.807, 2.05) is 0 Å². The molecular formula is C22H48N2O3. The third-order valence-corrected chi connectivity index (χ3v) is 5.52. The number of nitrogens with one attached hydrogen (secondary N) is 1. The van der Waals surface area contributed by atoms with Gasteiger partial charge in [0.25, 0.3) is 5.97 Å². The van der Waals surface area contributed by atoms with Gasteiger partial charge in [-0.15, -0.1) is 0 Å². The fourth-order valence-electron chi connectivity index (χ4n) is 3.65. The summed E-state index contributed by atoms with van der Waals surface area (Å²) in [6, 6.07) is 0. The molecule has 1 unspecified atom stereocenters. The molecule has 164 valence electrons. The zero-order valence-electron chi connectivity index (χ0n) is 18.7. The van der Waals surface area contributed by atoms with Gasteiger partial charge >= 0.3 is 0 Å². The molecule has 1 atom stereocenters. The molecule has 0 aliphatic carbocycles. The van der Waals surface area contributed by atoms with Crippen LogP contribution in [-0.2, 0) is 14.2 Å². The Morgan fingerprint density at radius 2 is 1.33 bits per heavy atom. The number of hydrogen-bond acceptors (Lipinski definition) is 5. The second-order valence-electron chi connectivity index (χ2n) is 7.64. The Morgan fingerprint density at radius 3 is 1.96 bits per heavy atom. The van der Waals surface area contributed by atoms with E-state index < -0.39 is 5.97 Å². The van der Waals surface area contributed by atoms with Gasteiger partial charge in [0, 0.05) is 27.8 Å². The normalized spacial score (nSPS) is 13.2. The molecule has 5 heteroatoms. The van der Waals surface area contributed by atoms with Crippen molar-refractivity contribution in [2.75, 3.05) is 41.0 Å². The Morgan fingerprint density at radius 1 is 0.741 bits per heavy atom. The molecule has 0 amide bonds. The standard InChI is InChI=1S/C22H48N2O3/c1-5-6-14-21(15-9-10-17-22(25-2,26-3)27-4)16-13-20-24-19-12-8-7-11-18-23/h21,24H,5-20,23H2,1-4H3. The maximum atomic E-state index is 5.52. The fourth-order valence-corrected chi connectivity index (χ4v) is 3.65. The summed E-state index contributed by atoms with van der Waals surface area (Å²) in [5.74, 6) is -0.0224. The Kier molecular flexibility index (Phi) is 19.0. The summed E-state index contributed by atoms with van der Waals surface area (Å²) < 4.78 is 16.1. The lowest BCUT2D eigenvalue weighted by Crippen LogP contribution is -2.35. The first-order valence-corrected chi connectivity index (χ1v) is 11.2. The van der Waals surface area contributed by atoms with Crippen LogP contribution in [0, 0.1) is 5.92 Å². The molecule has 0 heterocycles. The maximum absolute atomic E-state index is 5.52. The van der Waals surface area contributed by atoms with Crippen molar-refractivity contribution in [3.8, 4) is 0 Å². The van der Waals surface area contributed by atoms with Crippen molar-refractivity contribution in [2.45, 2.75) is 96.4 Å². The van der Waals surface area contributed by atoms with E-state index in [4.69, 9.17) is 19.9 Å². The van der Waals surface area contributed by atoms with Crippen LogP contribution >= 0.6 is 0 Å². The van der Waals surface area contributed by atoms with Gasteiger partial charge in [0.05, 0.1) is 0 Å². The lowest BCUT2D eigenvalue weighted by Gasteiger charge is -2.28. The van der Waals surface area contributed by atoms with E-state index >= 15 is 0 Å². The topological polar surface area (TPSA) is 65.7 Å². The summed E-state index contributed by atoms with van der Waals surface area (Å²) in [5.41, 5.74) is 5.52. The van der Waals surface area contributed by atoms with Gasteiger partial charge in [0.15, 0.2) is 0 Å². The predicted octanol–water partition coefficient (Wildman–Crippen LogP) is 4.84. The molecule has 0 aromatic heterocycles. The molecule has 0 spiro atoms. The summed E-state index contributed by atoms with van der Waals surface area (Å²) >= 11 is 0. The van der Waals surface area contributed by atoms with Crippen molar-refractivity contribution in [1.82, 2.24) is 5.32 Å². The largest absolute Gasteiger partial charge is 0.331 e. The molecule has 0 saturated carbocycles. The third-order valence-electron chi connectivity index (χ3n) is 5.52. The van der Waals surface area contributed by atoms with Crippen LogP contribution in [0.25, 0.3) is 0 Å². The average molecular weight is 389 g/mol. The van der Waals surface area contributed by atoms with Crippen LogP contribution < -0.4 is 11.1 Å². The van der Waals surface area contributed by atoms with E-state index in [1.54, 1.807) is 21.3 Å². The smallest absolute Gasteiger partial charge is 0.282 e. The predicted molar refractivity (Wildman–Crippen MR) is 115 cm³/mol. The van der Waals surface area contributed by atoms with E-state index in [0.29, 0.717) is 0 Å². The molecular weight excluding hydrogens is 340 g/mol. The van der Waals surface area contributed by atoms with E-state index in [9.17, 15) is 0 Å². The van der Waals surface area contributed by atoms with E-state index in [1.165, 1.54) is 70.6 Å². The molecule has 0 saturated heterocycles. The molecule has 5 nitrogen and oxygen atoms in total. The minimum absolute atomic E-state index is 0.780. The third kappa shape index (κ3) is 14.5. The molecule has 0 aliphatic heterocycles. The van der Waals surface area contributed by atoms with Crippen molar-refractivity contribution < 1.29 is 14.2 Å². The first-order valence-electron chi connectivity index (χ1n) is 11.2. The van der Waals surface area contributed by atoms with Gasteiger partial charge in [0.2, 0.25) is 0 Å². The van der Waals surface area contributed by atoms with Crippen LogP contribution in [0.1, 0.15) is 90.4 Å². The second kappa shape index (κ2) is 19.1. The zero-order valence-corrected chi connectivity index (χ0v) is 18.7. The summed E-state index contributed by atoms with van der Waals surface area (Å²) in [4.78, 5) is 0. The highest BCUT2D eigenvalue weighted by molar-refractivity contribution is 4.64. The van der Waals surface area contributed by atoms with E-state index in [2.05, 4.69) is 12.2 Å². The number of methoxy groups -OCH3 is 3. The van der Waals surface area contributed by atoms with Crippen LogP contribution in [-0.4, -0.2) is 46.9 Å². The zero-order chi connectivity index (χ0) is 20.2. The number of ether oxygens (including phenoxy) is 3. The van der Waals surface area contributed by atoms with Gasteiger partial charge in [0.1, 0.15) is 0 Å². The Bertz CT molecular complexity index is 291. The molecule has 0 aliphatic rings. The van der Waals surface area contributed by atoms with Crippen molar-refractivity contribution in [1.29, 1.82) is 0 Å². The van der Waals surface area contributed by atoms with Crippen LogP contribution in [0.15, 0.2) is 0 Å². The average Bonchev–Trinajstić information content (AvgIpc) is 2.70. The molecule has 0 radical (unpaired) electrons. The van der Waals surface area contributed by atoms with Gasteiger partial charge in [-0.05, 0) is 57.7 Å². The van der Waals surface area contributed by atoms with Crippen molar-refractivity contribution in [3.05, 3.63) is 0 Å². The van der Waals surface area contributed by atoms with Gasteiger partial charge in [-0.2, -0.15) is 0 Å². The van der Waals surface area contributed by atoms with Crippen molar-refractivity contribution in [3.63, 3.8) is 0 Å². The fraction of sp³-hybridized carbons (Fsp3) is 1.00. The number of nitrogens with two attached hydrogens (primary N) is 1. The Hall–Kier alpha value is -0.200. The monoisotopic (exact) mass is 388 g/mol. The van der Waals surface area contributed by atoms with E-state index in [-0.39, 0.29) is 0 Å². The lowest BCUT2D eigenvalue weighted by molar-refractivity contribution is -0.355. The summed E-state index contributed by atoms with van der Waals surface area (Å²) in [6.45, 7) is 5.42. The van der Waals surface area contributed by atoms with Gasteiger partial charge in [-0.25, -0.2) is 0 Å². The van der Waals surface area contributed by atoms with Crippen LogP contribution in [0.5, 0.6) is 0 Å². The van der Waals surface area contributed by atoms with Crippen molar-refractivity contribution in [2.24, 2.45) is 11.7 Å². The molecule has 0 bridgehead atoms. The first kappa shape index (κ1) is 26.8. The van der Waals surface area contributed by atoms with Gasteiger partial charge in [-0.1, -0.05) is 51.9 Å². The first-order chi connectivity index (χ1) is 13.2. The number of rotatable bonds is 21. The Balaban J connectivity index is 3.87. The minimum Gasteiger partial charge on any atom is -0.331 e. The quantitative estimate of drug-likeness (QED) is 0.218.